The monoisotopic (exact) mass is 608 g/mol. The molecule has 1 fully saturated rings. The first kappa shape index (κ1) is 33.5. The molecule has 44 heavy (non-hydrogen) atoms. The summed E-state index contributed by atoms with van der Waals surface area (Å²) in [6, 6.07) is 10.3. The summed E-state index contributed by atoms with van der Waals surface area (Å²) in [5.41, 5.74) is -0.631. The van der Waals surface area contributed by atoms with E-state index in [1.165, 1.54) is 7.11 Å². The highest BCUT2D eigenvalue weighted by Gasteiger charge is 2.52. The first-order valence-corrected chi connectivity index (χ1v) is 15.3. The summed E-state index contributed by atoms with van der Waals surface area (Å²) in [5, 5.41) is 15.5. The molecular formula is C35H48N2O7. The molecule has 1 saturated heterocycles. The van der Waals surface area contributed by atoms with E-state index < -0.39 is 23.2 Å². The Morgan fingerprint density at radius 1 is 1.07 bits per heavy atom. The molecule has 2 N–H and O–H groups in total. The van der Waals surface area contributed by atoms with E-state index in [0.717, 1.165) is 12.8 Å². The number of rotatable bonds is 10. The molecule has 0 aromatic heterocycles. The number of ether oxygens (including phenoxy) is 4. The van der Waals surface area contributed by atoms with Crippen LogP contribution in [-0.4, -0.2) is 73.0 Å². The highest BCUT2D eigenvalue weighted by Crippen LogP contribution is 2.49. The minimum absolute atomic E-state index is 0.0313. The lowest BCUT2D eigenvalue weighted by Crippen LogP contribution is -2.53. The first-order valence-electron chi connectivity index (χ1n) is 15.3. The highest BCUT2D eigenvalue weighted by molar-refractivity contribution is 6.01. The summed E-state index contributed by atoms with van der Waals surface area (Å²) in [5.74, 6) is 0.181. The second-order valence-corrected chi connectivity index (χ2v) is 13.4. The fourth-order valence-corrected chi connectivity index (χ4v) is 6.17. The molecule has 9 nitrogen and oxygen atoms in total. The maximum atomic E-state index is 13.5. The molecular weight excluding hydrogens is 560 g/mol. The molecule has 0 saturated carbocycles. The quantitative estimate of drug-likeness (QED) is 0.365. The summed E-state index contributed by atoms with van der Waals surface area (Å²) in [6.07, 6.45) is 4.47. The molecule has 9 heteroatoms. The Kier molecular flexibility index (Phi) is 9.83. The van der Waals surface area contributed by atoms with Gasteiger partial charge in [0, 0.05) is 24.8 Å². The van der Waals surface area contributed by atoms with Gasteiger partial charge in [0.2, 0.25) is 0 Å². The molecule has 0 bridgehead atoms. The summed E-state index contributed by atoms with van der Waals surface area (Å²) < 4.78 is 23.7. The number of hydrogen-bond donors (Lipinski definition) is 2. The van der Waals surface area contributed by atoms with Crippen molar-refractivity contribution in [1.82, 2.24) is 4.90 Å². The zero-order chi connectivity index (χ0) is 32.4. The molecule has 3 atom stereocenters. The number of fused-ring (bicyclic) bond motifs is 1. The zero-order valence-corrected chi connectivity index (χ0v) is 27.5. The first-order chi connectivity index (χ1) is 20.7. The fraction of sp³-hybridized carbons (Fsp3) is 0.543. The molecule has 2 aromatic carbocycles. The van der Waals surface area contributed by atoms with E-state index in [1.54, 1.807) is 42.3 Å². The molecule has 2 aromatic rings. The number of nitrogens with zero attached hydrogens (tertiary/aromatic N) is 1. The van der Waals surface area contributed by atoms with E-state index in [0.29, 0.717) is 34.7 Å². The lowest BCUT2D eigenvalue weighted by Gasteiger charge is -2.41. The third-order valence-electron chi connectivity index (χ3n) is 8.66. The van der Waals surface area contributed by atoms with Crippen LogP contribution in [0.2, 0.25) is 0 Å². The fourth-order valence-electron chi connectivity index (χ4n) is 6.17. The number of aliphatic hydroxyl groups is 1. The molecule has 2 heterocycles. The number of carbonyl (C=O) groups excluding carboxylic acids is 2. The molecule has 0 radical (unpaired) electrons. The number of carbonyl (C=O) groups is 2. The number of benzene rings is 2. The zero-order valence-electron chi connectivity index (χ0n) is 27.5. The Morgan fingerprint density at radius 3 is 2.27 bits per heavy atom. The Labute approximate surface area is 261 Å². The number of nitrogens with one attached hydrogen (secondary N) is 1. The maximum absolute atomic E-state index is 13.5. The van der Waals surface area contributed by atoms with Gasteiger partial charge in [-0.05, 0) is 82.7 Å². The average molecular weight is 609 g/mol. The van der Waals surface area contributed by atoms with Crippen LogP contribution >= 0.6 is 0 Å². The predicted molar refractivity (Wildman–Crippen MR) is 171 cm³/mol. The van der Waals surface area contributed by atoms with Crippen LogP contribution in [0.1, 0.15) is 78.0 Å². The smallest absolute Gasteiger partial charge is 0.260 e. The lowest BCUT2D eigenvalue weighted by molar-refractivity contribution is -0.143. The van der Waals surface area contributed by atoms with E-state index in [-0.39, 0.29) is 35.8 Å². The number of amides is 2. The Balaban J connectivity index is 1.88. The van der Waals surface area contributed by atoms with Gasteiger partial charge >= 0.3 is 0 Å². The van der Waals surface area contributed by atoms with Crippen molar-refractivity contribution in [3.8, 4) is 11.5 Å². The summed E-state index contributed by atoms with van der Waals surface area (Å²) >= 11 is 0. The van der Waals surface area contributed by atoms with Crippen LogP contribution in [0.15, 0.2) is 42.5 Å². The largest absolute Gasteiger partial charge is 0.497 e. The van der Waals surface area contributed by atoms with Crippen LogP contribution in [0.5, 0.6) is 11.5 Å². The van der Waals surface area contributed by atoms with Gasteiger partial charge in [-0.25, -0.2) is 0 Å². The Hall–Kier alpha value is -3.40. The van der Waals surface area contributed by atoms with Crippen molar-refractivity contribution >= 4 is 23.6 Å². The number of hydrogen-bond acceptors (Lipinski definition) is 7. The number of anilines is 1. The van der Waals surface area contributed by atoms with Crippen molar-refractivity contribution in [2.24, 2.45) is 5.41 Å². The van der Waals surface area contributed by atoms with Gasteiger partial charge in [0.05, 0.1) is 30.6 Å². The third-order valence-corrected chi connectivity index (χ3v) is 8.66. The van der Waals surface area contributed by atoms with Crippen molar-refractivity contribution in [3.05, 3.63) is 59.2 Å². The molecule has 0 spiro atoms. The van der Waals surface area contributed by atoms with Crippen LogP contribution in [-0.2, 0) is 24.7 Å². The molecule has 0 aliphatic carbocycles. The second-order valence-electron chi connectivity index (χ2n) is 13.4. The van der Waals surface area contributed by atoms with Crippen LogP contribution < -0.4 is 14.8 Å². The van der Waals surface area contributed by atoms with Gasteiger partial charge in [0.1, 0.15) is 11.5 Å². The summed E-state index contributed by atoms with van der Waals surface area (Å²) in [4.78, 5) is 28.5. The molecule has 2 amide bonds. The molecule has 240 valence electrons. The van der Waals surface area contributed by atoms with E-state index in [4.69, 9.17) is 18.9 Å². The summed E-state index contributed by atoms with van der Waals surface area (Å²) in [6.45, 7) is 14.7. The van der Waals surface area contributed by atoms with E-state index >= 15 is 0 Å². The Morgan fingerprint density at radius 2 is 1.73 bits per heavy atom. The SMILES string of the molecule is COc1ccc(C2(O)c3c(ccc(/C=C/C4(C)CCC(C)(C)CO4)c3OCC(=O)N(C(C)C)C(C)C)NC(=O)C2OC)cc1. The van der Waals surface area contributed by atoms with Gasteiger partial charge in [-0.1, -0.05) is 38.1 Å². The van der Waals surface area contributed by atoms with E-state index in [9.17, 15) is 14.7 Å². The molecule has 4 rings (SSSR count). The molecule has 3 unspecified atom stereocenters. The molecule has 2 aliphatic heterocycles. The van der Waals surface area contributed by atoms with E-state index in [1.807, 2.05) is 45.9 Å². The van der Waals surface area contributed by atoms with Gasteiger partial charge < -0.3 is 34.3 Å². The van der Waals surface area contributed by atoms with Crippen molar-refractivity contribution in [2.45, 2.75) is 90.7 Å². The van der Waals surface area contributed by atoms with Crippen molar-refractivity contribution in [3.63, 3.8) is 0 Å². The van der Waals surface area contributed by atoms with Gasteiger partial charge in [0.25, 0.3) is 11.8 Å². The predicted octanol–water partition coefficient (Wildman–Crippen LogP) is 5.53. The lowest BCUT2D eigenvalue weighted by atomic mass is 9.76. The van der Waals surface area contributed by atoms with Crippen molar-refractivity contribution < 1.29 is 33.6 Å². The van der Waals surface area contributed by atoms with Crippen LogP contribution in [0, 0.1) is 5.41 Å². The second kappa shape index (κ2) is 12.9. The van der Waals surface area contributed by atoms with Crippen LogP contribution in [0.25, 0.3) is 6.08 Å². The summed E-state index contributed by atoms with van der Waals surface area (Å²) in [7, 11) is 2.94. The van der Waals surface area contributed by atoms with Crippen molar-refractivity contribution in [2.75, 3.05) is 32.8 Å². The van der Waals surface area contributed by atoms with Gasteiger partial charge in [-0.3, -0.25) is 9.59 Å². The van der Waals surface area contributed by atoms with Crippen molar-refractivity contribution in [1.29, 1.82) is 0 Å². The van der Waals surface area contributed by atoms with Gasteiger partial charge in [0.15, 0.2) is 18.3 Å². The van der Waals surface area contributed by atoms with Gasteiger partial charge in [-0.2, -0.15) is 0 Å². The Bertz CT molecular complexity index is 1360. The maximum Gasteiger partial charge on any atom is 0.260 e. The average Bonchev–Trinajstić information content (AvgIpc) is 2.96. The number of methoxy groups -OCH3 is 2. The van der Waals surface area contributed by atoms with Gasteiger partial charge in [-0.15, -0.1) is 0 Å². The minimum Gasteiger partial charge on any atom is -0.497 e. The molecule has 2 aliphatic rings. The minimum atomic E-state index is -1.95. The third kappa shape index (κ3) is 6.65. The van der Waals surface area contributed by atoms with E-state index in [2.05, 4.69) is 26.1 Å². The van der Waals surface area contributed by atoms with Crippen LogP contribution in [0.3, 0.4) is 0 Å². The highest BCUT2D eigenvalue weighted by atomic mass is 16.5. The topological polar surface area (TPSA) is 107 Å². The normalized spacial score (nSPS) is 24.7. The van der Waals surface area contributed by atoms with Crippen LogP contribution in [0.4, 0.5) is 5.69 Å². The standard InChI is InChI=1S/C35H48N2O7/c1-22(2)37(23(3)4)28(38)20-43-30-24(16-17-34(7)19-18-33(5,6)21-44-34)10-15-27-29(30)35(40,31(42-9)32(39)36-27)25-11-13-26(41-8)14-12-25/h10-17,22-23,31,40H,18-21H2,1-9H3,(H,36,39)/b17-16+.